The first kappa shape index (κ1) is 11.4. The number of carbonyl (C=O) groups is 1. The molecular formula is C10H19NO. The molecule has 70 valence electrons. The van der Waals surface area contributed by atoms with Crippen LogP contribution in [0.25, 0.3) is 0 Å². The number of allylic oxidation sites excluding steroid dienone is 1. The Hall–Kier alpha value is -0.630. The molecule has 0 rings (SSSR count). The van der Waals surface area contributed by atoms with E-state index in [2.05, 4.69) is 20.4 Å². The lowest BCUT2D eigenvalue weighted by Gasteiger charge is -2.14. The second kappa shape index (κ2) is 5.95. The number of hydrogen-bond donors (Lipinski definition) is 1. The molecule has 0 aromatic rings. The van der Waals surface area contributed by atoms with Gasteiger partial charge in [0.25, 0.3) is 0 Å². The Morgan fingerprint density at radius 2 is 2.17 bits per heavy atom. The summed E-state index contributed by atoms with van der Waals surface area (Å²) in [5.74, 6) is 1.04. The molecule has 0 amide bonds. The molecule has 0 aliphatic rings. The monoisotopic (exact) mass is 169 g/mol. The van der Waals surface area contributed by atoms with Gasteiger partial charge in [-0.3, -0.25) is 4.79 Å². The molecule has 0 saturated carbocycles. The van der Waals surface area contributed by atoms with Gasteiger partial charge in [0.2, 0.25) is 0 Å². The molecule has 2 N–H and O–H groups in total. The quantitative estimate of drug-likeness (QED) is 0.616. The third-order valence-electron chi connectivity index (χ3n) is 1.86. The summed E-state index contributed by atoms with van der Waals surface area (Å²) in [6.45, 7) is 8.31. The summed E-state index contributed by atoms with van der Waals surface area (Å²) < 4.78 is 0. The lowest BCUT2D eigenvalue weighted by Crippen LogP contribution is -2.19. The summed E-state index contributed by atoms with van der Waals surface area (Å²) in [5.41, 5.74) is 5.54. The van der Waals surface area contributed by atoms with Gasteiger partial charge in [-0.25, -0.2) is 0 Å². The largest absolute Gasteiger partial charge is 0.330 e. The summed E-state index contributed by atoms with van der Waals surface area (Å²) >= 11 is 0. The van der Waals surface area contributed by atoms with Crippen LogP contribution in [0.15, 0.2) is 12.7 Å². The van der Waals surface area contributed by atoms with Crippen LogP contribution >= 0.6 is 0 Å². The molecule has 0 aromatic heterocycles. The first-order valence-electron chi connectivity index (χ1n) is 4.45. The number of carbonyl (C=O) groups excluding carboxylic acids is 1. The van der Waals surface area contributed by atoms with Crippen molar-refractivity contribution in [3.05, 3.63) is 12.7 Å². The molecule has 2 heteroatoms. The topological polar surface area (TPSA) is 43.1 Å². The molecule has 0 aliphatic heterocycles. The highest BCUT2D eigenvalue weighted by molar-refractivity contribution is 5.89. The first-order valence-corrected chi connectivity index (χ1v) is 4.45. The van der Waals surface area contributed by atoms with Crippen molar-refractivity contribution in [2.45, 2.75) is 26.7 Å². The molecule has 12 heavy (non-hydrogen) atoms. The number of nitrogens with two attached hydrogens (primary N) is 1. The minimum Gasteiger partial charge on any atom is -0.330 e. The van der Waals surface area contributed by atoms with Gasteiger partial charge in [-0.2, -0.15) is 0 Å². The van der Waals surface area contributed by atoms with E-state index in [-0.39, 0.29) is 5.78 Å². The predicted molar refractivity (Wildman–Crippen MR) is 51.8 cm³/mol. The van der Waals surface area contributed by atoms with Crippen molar-refractivity contribution in [3.8, 4) is 0 Å². The standard InChI is InChI=1S/C10H19NO/c1-4-10(12)6-9(7-11)5-8(2)3/h4,8-9H,1,5-7,11H2,2-3H3. The van der Waals surface area contributed by atoms with Crippen molar-refractivity contribution in [1.29, 1.82) is 0 Å². The Morgan fingerprint density at radius 3 is 2.50 bits per heavy atom. The average Bonchev–Trinajstić information content (AvgIpc) is 2.02. The number of ketones is 1. The summed E-state index contributed by atoms with van der Waals surface area (Å²) in [7, 11) is 0. The number of rotatable bonds is 6. The molecule has 0 fully saturated rings. The fourth-order valence-corrected chi connectivity index (χ4v) is 1.30. The van der Waals surface area contributed by atoms with Crippen molar-refractivity contribution in [2.24, 2.45) is 17.6 Å². The van der Waals surface area contributed by atoms with Crippen molar-refractivity contribution in [3.63, 3.8) is 0 Å². The van der Waals surface area contributed by atoms with E-state index in [1.54, 1.807) is 0 Å². The lowest BCUT2D eigenvalue weighted by atomic mass is 9.92. The minimum atomic E-state index is 0.103. The average molecular weight is 169 g/mol. The van der Waals surface area contributed by atoms with Crippen LogP contribution < -0.4 is 5.73 Å². The molecule has 1 unspecified atom stereocenters. The molecule has 0 aromatic carbocycles. The van der Waals surface area contributed by atoms with Crippen molar-refractivity contribution < 1.29 is 4.79 Å². The molecule has 2 nitrogen and oxygen atoms in total. The minimum absolute atomic E-state index is 0.103. The zero-order valence-corrected chi connectivity index (χ0v) is 8.05. The molecule has 0 spiro atoms. The fraction of sp³-hybridized carbons (Fsp3) is 0.700. The van der Waals surface area contributed by atoms with Crippen LogP contribution in [0.2, 0.25) is 0 Å². The van der Waals surface area contributed by atoms with Crippen LogP contribution in [0.4, 0.5) is 0 Å². The highest BCUT2D eigenvalue weighted by Gasteiger charge is 2.11. The smallest absolute Gasteiger partial charge is 0.155 e. The second-order valence-electron chi connectivity index (χ2n) is 3.61. The molecular weight excluding hydrogens is 150 g/mol. The number of hydrogen-bond acceptors (Lipinski definition) is 2. The Morgan fingerprint density at radius 1 is 1.58 bits per heavy atom. The Labute approximate surface area is 74.8 Å². The first-order chi connectivity index (χ1) is 5.60. The van der Waals surface area contributed by atoms with Gasteiger partial charge in [-0.1, -0.05) is 20.4 Å². The van der Waals surface area contributed by atoms with Crippen LogP contribution in [0.3, 0.4) is 0 Å². The van der Waals surface area contributed by atoms with E-state index in [9.17, 15) is 4.79 Å². The van der Waals surface area contributed by atoms with E-state index in [1.807, 2.05) is 0 Å². The van der Waals surface area contributed by atoms with Crippen molar-refractivity contribution in [2.75, 3.05) is 6.54 Å². The summed E-state index contributed by atoms with van der Waals surface area (Å²) in [6, 6.07) is 0. The molecule has 0 saturated heterocycles. The van der Waals surface area contributed by atoms with Crippen LogP contribution in [0.5, 0.6) is 0 Å². The lowest BCUT2D eigenvalue weighted by molar-refractivity contribution is -0.115. The summed E-state index contributed by atoms with van der Waals surface area (Å²) in [6.07, 6.45) is 2.96. The van der Waals surface area contributed by atoms with E-state index in [4.69, 9.17) is 5.73 Å². The van der Waals surface area contributed by atoms with Gasteiger partial charge in [-0.15, -0.1) is 0 Å². The van der Waals surface area contributed by atoms with Gasteiger partial charge in [0, 0.05) is 6.42 Å². The Kier molecular flexibility index (Phi) is 5.64. The van der Waals surface area contributed by atoms with Crippen molar-refractivity contribution in [1.82, 2.24) is 0 Å². The van der Waals surface area contributed by atoms with Crippen molar-refractivity contribution >= 4 is 5.78 Å². The third kappa shape index (κ3) is 5.08. The second-order valence-corrected chi connectivity index (χ2v) is 3.61. The van der Waals surface area contributed by atoms with Gasteiger partial charge in [0.05, 0.1) is 0 Å². The maximum Gasteiger partial charge on any atom is 0.155 e. The van der Waals surface area contributed by atoms with Gasteiger partial charge in [-0.05, 0) is 30.9 Å². The molecule has 0 aliphatic carbocycles. The Bertz CT molecular complexity index is 152. The van der Waals surface area contributed by atoms with Gasteiger partial charge >= 0.3 is 0 Å². The zero-order chi connectivity index (χ0) is 9.56. The third-order valence-corrected chi connectivity index (χ3v) is 1.86. The van der Waals surface area contributed by atoms with Crippen LogP contribution in [0.1, 0.15) is 26.7 Å². The van der Waals surface area contributed by atoms with Crippen LogP contribution in [0, 0.1) is 11.8 Å². The predicted octanol–water partition coefficient (Wildman–Crippen LogP) is 1.75. The maximum absolute atomic E-state index is 11.0. The highest BCUT2D eigenvalue weighted by atomic mass is 16.1. The zero-order valence-electron chi connectivity index (χ0n) is 8.05. The molecule has 0 bridgehead atoms. The SMILES string of the molecule is C=CC(=O)CC(CN)CC(C)C. The van der Waals surface area contributed by atoms with Crippen LogP contribution in [-0.4, -0.2) is 12.3 Å². The highest BCUT2D eigenvalue weighted by Crippen LogP contribution is 2.14. The van der Waals surface area contributed by atoms with E-state index >= 15 is 0 Å². The van der Waals surface area contributed by atoms with E-state index < -0.39 is 0 Å². The fourth-order valence-electron chi connectivity index (χ4n) is 1.30. The summed E-state index contributed by atoms with van der Waals surface area (Å²) in [5, 5.41) is 0. The Balaban J connectivity index is 3.82. The molecule has 1 atom stereocenters. The molecule has 0 radical (unpaired) electrons. The van der Waals surface area contributed by atoms with Gasteiger partial charge in [0.1, 0.15) is 0 Å². The van der Waals surface area contributed by atoms with Crippen LogP contribution in [-0.2, 0) is 4.79 Å². The van der Waals surface area contributed by atoms with Gasteiger partial charge < -0.3 is 5.73 Å². The van der Waals surface area contributed by atoms with E-state index in [0.717, 1.165) is 6.42 Å². The summed E-state index contributed by atoms with van der Waals surface area (Å²) in [4.78, 5) is 11.0. The van der Waals surface area contributed by atoms with E-state index in [1.165, 1.54) is 6.08 Å². The maximum atomic E-state index is 11.0. The van der Waals surface area contributed by atoms with E-state index in [0.29, 0.717) is 24.8 Å². The normalized spacial score (nSPS) is 13.0. The molecule has 0 heterocycles. The van der Waals surface area contributed by atoms with Gasteiger partial charge in [0.15, 0.2) is 5.78 Å².